The van der Waals surface area contributed by atoms with Crippen LogP contribution in [0.15, 0.2) is 24.3 Å². The second kappa shape index (κ2) is 23.7. The fraction of sp³-hybridized carbons (Fsp3) is 0.625. The number of esters is 7. The van der Waals surface area contributed by atoms with Crippen molar-refractivity contribution in [3.8, 4) is 0 Å². The minimum atomic E-state index is -1.84. The van der Waals surface area contributed by atoms with Gasteiger partial charge in [-0.15, -0.1) is 0 Å². The minimum absolute atomic E-state index is 0.0302. The Morgan fingerprint density at radius 2 is 0.889 bits per heavy atom. The average molecular weight is 898 g/mol. The van der Waals surface area contributed by atoms with E-state index in [0.29, 0.717) is 11.1 Å². The molecular weight excluding hydrogens is 846 g/mol. The predicted octanol–water partition coefficient (Wildman–Crippen LogP) is -0.0479. The standard InChI is InChI=1S/C40H51NO22/c1-20(42)54-18-29-31(56-22(3)44)33(57-23(4)45)36(60-26(7)48)40(62-29)63-32-30(19-55-21(2)43)61-39(35(59-25(6)47)34(32)58-24(5)46)53-17-16-52-15-14-51-13-12-41-37(49)27-10-8-9-11-28(27)38(41)50/h8-11,29-36,39-40H,12-19H2,1-7H3/t29-,30-,31+,32-,33+,34+,35-,36-,39-,40+/m1/s1. The van der Waals surface area contributed by atoms with Gasteiger partial charge in [0.25, 0.3) is 11.8 Å². The van der Waals surface area contributed by atoms with Crippen molar-refractivity contribution in [3.05, 3.63) is 35.4 Å². The van der Waals surface area contributed by atoms with Gasteiger partial charge in [-0.05, 0) is 12.1 Å². The van der Waals surface area contributed by atoms with Gasteiger partial charge in [0, 0.05) is 48.5 Å². The molecule has 23 nitrogen and oxygen atoms in total. The molecule has 3 aliphatic rings. The smallest absolute Gasteiger partial charge is 0.303 e. The maximum absolute atomic E-state index is 12.6. The van der Waals surface area contributed by atoms with E-state index in [1.54, 1.807) is 24.3 Å². The Hall–Kier alpha value is -5.59. The van der Waals surface area contributed by atoms with Gasteiger partial charge >= 0.3 is 41.8 Å². The number of fused-ring (bicyclic) bond motifs is 1. The third kappa shape index (κ3) is 14.5. The summed E-state index contributed by atoms with van der Waals surface area (Å²) in [7, 11) is 0. The quantitative estimate of drug-likeness (QED) is 0.0677. The van der Waals surface area contributed by atoms with Gasteiger partial charge in [-0.2, -0.15) is 0 Å². The number of ether oxygens (including phenoxy) is 13. The van der Waals surface area contributed by atoms with E-state index >= 15 is 0 Å². The van der Waals surface area contributed by atoms with Gasteiger partial charge in [-0.25, -0.2) is 0 Å². The molecule has 0 aliphatic carbocycles. The molecule has 63 heavy (non-hydrogen) atoms. The first-order valence-electron chi connectivity index (χ1n) is 19.7. The van der Waals surface area contributed by atoms with Crippen LogP contribution in [0.3, 0.4) is 0 Å². The van der Waals surface area contributed by atoms with Crippen LogP contribution in [0.1, 0.15) is 69.2 Å². The van der Waals surface area contributed by atoms with Gasteiger partial charge in [0.2, 0.25) is 0 Å². The number of benzene rings is 1. The largest absolute Gasteiger partial charge is 0.463 e. The number of imide groups is 1. The first-order valence-corrected chi connectivity index (χ1v) is 19.7. The maximum Gasteiger partial charge on any atom is 0.303 e. The van der Waals surface area contributed by atoms with Crippen LogP contribution in [0.4, 0.5) is 0 Å². The highest BCUT2D eigenvalue weighted by Gasteiger charge is 2.57. The SMILES string of the molecule is CC(=O)OC[C@H]1O[C@@H](O[C@H]2[C@H](OC(C)=O)[C@@H](OC(C)=O)[C@H](OCCOCCOCCN3C(=O)c4ccccc4C3=O)O[C@@H]2COC(C)=O)[C@H](OC(C)=O)[C@@H](OC(C)=O)[C@H]1OC(C)=O. The third-order valence-corrected chi connectivity index (χ3v) is 9.10. The van der Waals surface area contributed by atoms with Crippen LogP contribution >= 0.6 is 0 Å². The van der Waals surface area contributed by atoms with Crippen molar-refractivity contribution in [2.45, 2.75) is 110 Å². The summed E-state index contributed by atoms with van der Waals surface area (Å²) in [6.07, 6.45) is -16.0. The Bertz CT molecular complexity index is 1800. The van der Waals surface area contributed by atoms with Crippen LogP contribution in [-0.4, -0.2) is 173 Å². The van der Waals surface area contributed by atoms with Gasteiger partial charge in [-0.1, -0.05) is 12.1 Å². The Labute approximate surface area is 361 Å². The molecule has 0 bridgehead atoms. The molecule has 3 aliphatic heterocycles. The highest BCUT2D eigenvalue weighted by molar-refractivity contribution is 6.21. The lowest BCUT2D eigenvalue weighted by molar-refractivity contribution is -0.361. The third-order valence-electron chi connectivity index (χ3n) is 9.10. The first kappa shape index (κ1) is 50.1. The zero-order valence-electron chi connectivity index (χ0n) is 35.7. The molecular formula is C40H51NO22. The molecule has 0 aromatic heterocycles. The summed E-state index contributed by atoms with van der Waals surface area (Å²) >= 11 is 0. The van der Waals surface area contributed by atoms with Crippen LogP contribution in [0, 0.1) is 0 Å². The molecule has 10 atom stereocenters. The van der Waals surface area contributed by atoms with E-state index < -0.39 is 128 Å². The number of rotatable bonds is 21. The lowest BCUT2D eigenvalue weighted by Crippen LogP contribution is -2.67. The molecule has 0 unspecified atom stereocenters. The Morgan fingerprint density at radius 3 is 1.38 bits per heavy atom. The minimum Gasteiger partial charge on any atom is -0.463 e. The van der Waals surface area contributed by atoms with E-state index in [2.05, 4.69) is 0 Å². The van der Waals surface area contributed by atoms with Crippen molar-refractivity contribution in [1.82, 2.24) is 4.90 Å². The molecule has 2 fully saturated rings. The van der Waals surface area contributed by atoms with E-state index in [4.69, 9.17) is 61.6 Å². The predicted molar refractivity (Wildman–Crippen MR) is 203 cm³/mol. The normalized spacial score (nSPS) is 26.5. The van der Waals surface area contributed by atoms with Crippen LogP contribution in [0.25, 0.3) is 0 Å². The zero-order valence-corrected chi connectivity index (χ0v) is 35.7. The zero-order chi connectivity index (χ0) is 46.4. The fourth-order valence-corrected chi connectivity index (χ4v) is 6.75. The molecule has 23 heteroatoms. The number of carbonyl (C=O) groups is 9. The molecule has 0 spiro atoms. The Kier molecular flexibility index (Phi) is 18.9. The number of hydrogen-bond acceptors (Lipinski definition) is 22. The van der Waals surface area contributed by atoms with Gasteiger partial charge in [-0.3, -0.25) is 48.1 Å². The lowest BCUT2D eigenvalue weighted by atomic mass is 9.96. The lowest BCUT2D eigenvalue weighted by Gasteiger charge is -2.48. The second-order valence-corrected chi connectivity index (χ2v) is 14.1. The molecule has 3 heterocycles. The van der Waals surface area contributed by atoms with Crippen molar-refractivity contribution in [2.75, 3.05) is 52.8 Å². The second-order valence-electron chi connectivity index (χ2n) is 14.1. The van der Waals surface area contributed by atoms with E-state index in [-0.39, 0.29) is 39.6 Å². The molecule has 4 rings (SSSR count). The number of carbonyl (C=O) groups excluding carboxylic acids is 9. The molecule has 0 radical (unpaired) electrons. The molecule has 1 aromatic carbocycles. The van der Waals surface area contributed by atoms with E-state index in [9.17, 15) is 43.2 Å². The summed E-state index contributed by atoms with van der Waals surface area (Å²) < 4.78 is 73.5. The molecule has 0 saturated carbocycles. The van der Waals surface area contributed by atoms with Crippen molar-refractivity contribution < 1.29 is 105 Å². The van der Waals surface area contributed by atoms with E-state index in [1.807, 2.05) is 0 Å². The van der Waals surface area contributed by atoms with Crippen molar-refractivity contribution in [1.29, 1.82) is 0 Å². The first-order chi connectivity index (χ1) is 29.9. The van der Waals surface area contributed by atoms with Crippen LogP contribution in [0.5, 0.6) is 0 Å². The number of amides is 2. The summed E-state index contributed by atoms with van der Waals surface area (Å²) in [5.41, 5.74) is 0.650. The van der Waals surface area contributed by atoms with Crippen LogP contribution < -0.4 is 0 Å². The van der Waals surface area contributed by atoms with Gasteiger partial charge in [0.1, 0.15) is 31.5 Å². The summed E-state index contributed by atoms with van der Waals surface area (Å²) in [6, 6.07) is 6.50. The Balaban J connectivity index is 1.51. The van der Waals surface area contributed by atoms with Crippen molar-refractivity contribution in [3.63, 3.8) is 0 Å². The van der Waals surface area contributed by atoms with E-state index in [0.717, 1.165) is 53.4 Å². The molecule has 2 amide bonds. The van der Waals surface area contributed by atoms with Crippen LogP contribution in [-0.2, 0) is 95.1 Å². The molecule has 0 N–H and O–H groups in total. The highest BCUT2D eigenvalue weighted by Crippen LogP contribution is 2.35. The van der Waals surface area contributed by atoms with Crippen LogP contribution in [0.2, 0.25) is 0 Å². The Morgan fingerprint density at radius 1 is 0.492 bits per heavy atom. The van der Waals surface area contributed by atoms with Crippen molar-refractivity contribution >= 4 is 53.6 Å². The summed E-state index contributed by atoms with van der Waals surface area (Å²) in [4.78, 5) is 112. The molecule has 348 valence electrons. The molecule has 2 saturated heterocycles. The number of nitrogens with zero attached hydrogens (tertiary/aromatic N) is 1. The van der Waals surface area contributed by atoms with Gasteiger partial charge in [0.15, 0.2) is 43.1 Å². The topological polar surface area (TPSA) is 277 Å². The highest BCUT2D eigenvalue weighted by atomic mass is 16.8. The van der Waals surface area contributed by atoms with Gasteiger partial charge < -0.3 is 61.6 Å². The fourth-order valence-electron chi connectivity index (χ4n) is 6.75. The summed E-state index contributed by atoms with van der Waals surface area (Å²) in [5, 5.41) is 0. The monoisotopic (exact) mass is 897 g/mol. The number of hydrogen-bond donors (Lipinski definition) is 0. The van der Waals surface area contributed by atoms with Crippen molar-refractivity contribution in [2.24, 2.45) is 0 Å². The maximum atomic E-state index is 12.6. The van der Waals surface area contributed by atoms with E-state index in [1.165, 1.54) is 0 Å². The average Bonchev–Trinajstić information content (AvgIpc) is 3.43. The molecule has 1 aromatic rings. The summed E-state index contributed by atoms with van der Waals surface area (Å²) in [5.74, 6) is -6.89. The van der Waals surface area contributed by atoms with Gasteiger partial charge in [0.05, 0.1) is 50.7 Å². The summed E-state index contributed by atoms with van der Waals surface area (Å²) in [6.45, 7) is 6.10.